The quantitative estimate of drug-likeness (QED) is 0.381. The molecule has 2 fully saturated rings. The van der Waals surface area contributed by atoms with Gasteiger partial charge in [-0.1, -0.05) is 43.0 Å². The fraction of sp³-hybridized carbons (Fsp3) is 0.355. The molecule has 1 aliphatic carbocycles. The van der Waals surface area contributed by atoms with Gasteiger partial charge in [-0.2, -0.15) is 0 Å². The van der Waals surface area contributed by atoms with Crippen LogP contribution in [-0.4, -0.2) is 51.1 Å². The zero-order valence-corrected chi connectivity index (χ0v) is 23.0. The van der Waals surface area contributed by atoms with Gasteiger partial charge >= 0.3 is 0 Å². The number of nitrogens with one attached hydrogen (secondary N) is 2. The van der Waals surface area contributed by atoms with Crippen LogP contribution in [0.25, 0.3) is 0 Å². The molecule has 5 rings (SSSR count). The molecule has 1 heterocycles. The van der Waals surface area contributed by atoms with Gasteiger partial charge in [0.05, 0.1) is 18.4 Å². The summed E-state index contributed by atoms with van der Waals surface area (Å²) in [6.45, 7) is 3.13. The normalized spacial score (nSPS) is 16.1. The molecule has 0 bridgehead atoms. The Morgan fingerprint density at radius 2 is 1.49 bits per heavy atom. The summed E-state index contributed by atoms with van der Waals surface area (Å²) in [6.07, 6.45) is 5.51. The first-order valence-electron chi connectivity index (χ1n) is 13.7. The molecule has 39 heavy (non-hydrogen) atoms. The summed E-state index contributed by atoms with van der Waals surface area (Å²) in [4.78, 5) is 31.0. The highest BCUT2D eigenvalue weighted by atomic mass is 35.5. The minimum absolute atomic E-state index is 0.0911. The van der Waals surface area contributed by atoms with Crippen molar-refractivity contribution < 1.29 is 14.3 Å². The number of rotatable bonds is 7. The van der Waals surface area contributed by atoms with Crippen molar-refractivity contribution in [1.82, 2.24) is 5.32 Å². The average molecular weight is 547 g/mol. The van der Waals surface area contributed by atoms with Crippen LogP contribution in [0.1, 0.15) is 52.8 Å². The van der Waals surface area contributed by atoms with Gasteiger partial charge < -0.3 is 25.2 Å². The number of benzene rings is 3. The highest BCUT2D eigenvalue weighted by Gasteiger charge is 2.25. The van der Waals surface area contributed by atoms with E-state index in [0.717, 1.165) is 69.0 Å². The van der Waals surface area contributed by atoms with Crippen LogP contribution >= 0.6 is 11.6 Å². The Kier molecular flexibility index (Phi) is 8.57. The van der Waals surface area contributed by atoms with Gasteiger partial charge in [0, 0.05) is 54.2 Å². The summed E-state index contributed by atoms with van der Waals surface area (Å²) in [5, 5.41) is 6.78. The second-order valence-electron chi connectivity index (χ2n) is 10.1. The molecule has 0 radical (unpaired) electrons. The van der Waals surface area contributed by atoms with Crippen LogP contribution in [0.5, 0.6) is 5.75 Å². The van der Waals surface area contributed by atoms with E-state index in [9.17, 15) is 9.59 Å². The van der Waals surface area contributed by atoms with E-state index in [-0.39, 0.29) is 17.9 Å². The van der Waals surface area contributed by atoms with Crippen LogP contribution in [0.3, 0.4) is 0 Å². The molecule has 8 heteroatoms. The van der Waals surface area contributed by atoms with Crippen LogP contribution in [0.4, 0.5) is 17.1 Å². The monoisotopic (exact) mass is 546 g/mol. The van der Waals surface area contributed by atoms with Crippen molar-refractivity contribution in [2.24, 2.45) is 0 Å². The van der Waals surface area contributed by atoms with Crippen molar-refractivity contribution in [2.45, 2.75) is 38.1 Å². The van der Waals surface area contributed by atoms with Crippen LogP contribution < -0.4 is 25.2 Å². The van der Waals surface area contributed by atoms with Gasteiger partial charge in [-0.05, 0) is 67.4 Å². The maximum absolute atomic E-state index is 13.6. The Labute approximate surface area is 235 Å². The van der Waals surface area contributed by atoms with Crippen molar-refractivity contribution in [3.05, 3.63) is 82.9 Å². The molecule has 0 aromatic heterocycles. The van der Waals surface area contributed by atoms with E-state index in [0.29, 0.717) is 21.8 Å². The molecule has 3 aromatic rings. The zero-order valence-electron chi connectivity index (χ0n) is 22.3. The molecular formula is C31H35ClN4O3. The third-order valence-electron chi connectivity index (χ3n) is 7.59. The first-order chi connectivity index (χ1) is 19.0. The molecule has 2 aliphatic rings. The Bertz CT molecular complexity index is 1300. The van der Waals surface area contributed by atoms with Crippen molar-refractivity contribution >= 4 is 40.5 Å². The van der Waals surface area contributed by atoms with Gasteiger partial charge in [0.2, 0.25) is 0 Å². The van der Waals surface area contributed by atoms with Crippen molar-refractivity contribution in [1.29, 1.82) is 0 Å². The number of piperazine rings is 1. The largest absolute Gasteiger partial charge is 0.495 e. The summed E-state index contributed by atoms with van der Waals surface area (Å²) in [5.41, 5.74) is 3.63. The molecule has 0 spiro atoms. The molecule has 2 amide bonds. The van der Waals surface area contributed by atoms with Gasteiger partial charge in [-0.25, -0.2) is 0 Å². The van der Waals surface area contributed by atoms with Crippen LogP contribution in [0, 0.1) is 0 Å². The van der Waals surface area contributed by atoms with E-state index in [4.69, 9.17) is 16.3 Å². The predicted molar refractivity (Wildman–Crippen MR) is 158 cm³/mol. The lowest BCUT2D eigenvalue weighted by Crippen LogP contribution is -2.47. The van der Waals surface area contributed by atoms with Crippen molar-refractivity contribution in [3.8, 4) is 5.75 Å². The summed E-state index contributed by atoms with van der Waals surface area (Å²) >= 11 is 5.97. The number of amides is 2. The number of anilines is 3. The van der Waals surface area contributed by atoms with E-state index in [1.165, 1.54) is 6.42 Å². The Hall–Kier alpha value is -3.71. The number of carbonyl (C=O) groups is 2. The number of hydrogen-bond acceptors (Lipinski definition) is 5. The van der Waals surface area contributed by atoms with Crippen LogP contribution in [0.15, 0.2) is 66.7 Å². The Morgan fingerprint density at radius 3 is 2.18 bits per heavy atom. The van der Waals surface area contributed by atoms with Crippen molar-refractivity contribution in [3.63, 3.8) is 0 Å². The Balaban J connectivity index is 1.36. The summed E-state index contributed by atoms with van der Waals surface area (Å²) < 4.78 is 5.57. The lowest BCUT2D eigenvalue weighted by Gasteiger charge is -2.38. The van der Waals surface area contributed by atoms with E-state index >= 15 is 0 Å². The van der Waals surface area contributed by atoms with Crippen LogP contribution in [0.2, 0.25) is 5.02 Å². The lowest BCUT2D eigenvalue weighted by atomic mass is 9.95. The summed E-state index contributed by atoms with van der Waals surface area (Å²) in [6, 6.07) is 20.6. The van der Waals surface area contributed by atoms with E-state index < -0.39 is 0 Å². The Morgan fingerprint density at radius 1 is 0.821 bits per heavy atom. The maximum atomic E-state index is 13.6. The first-order valence-corrected chi connectivity index (χ1v) is 14.0. The molecule has 7 nitrogen and oxygen atoms in total. The highest BCUT2D eigenvalue weighted by molar-refractivity contribution is 6.30. The number of ether oxygens (including phenoxy) is 1. The molecule has 0 atom stereocenters. The van der Waals surface area contributed by atoms with Gasteiger partial charge in [-0.15, -0.1) is 0 Å². The van der Waals surface area contributed by atoms with Crippen LogP contribution in [-0.2, 0) is 0 Å². The van der Waals surface area contributed by atoms with Gasteiger partial charge in [0.1, 0.15) is 5.75 Å². The molecule has 1 saturated carbocycles. The number of halogens is 1. The minimum atomic E-state index is -0.247. The average Bonchev–Trinajstić information content (AvgIpc) is 2.98. The molecule has 1 aliphatic heterocycles. The van der Waals surface area contributed by atoms with E-state index in [1.807, 2.05) is 30.3 Å². The van der Waals surface area contributed by atoms with Gasteiger partial charge in [0.15, 0.2) is 0 Å². The van der Waals surface area contributed by atoms with Crippen molar-refractivity contribution in [2.75, 3.05) is 48.4 Å². The second kappa shape index (κ2) is 12.4. The number of carbonyl (C=O) groups excluding carboxylic acids is 2. The minimum Gasteiger partial charge on any atom is -0.495 e. The molecular weight excluding hydrogens is 512 g/mol. The second-order valence-corrected chi connectivity index (χ2v) is 10.6. The maximum Gasteiger partial charge on any atom is 0.255 e. The first kappa shape index (κ1) is 26.9. The molecule has 204 valence electrons. The van der Waals surface area contributed by atoms with Gasteiger partial charge in [-0.3, -0.25) is 9.59 Å². The molecule has 0 unspecified atom stereocenters. The SMILES string of the molecule is COc1ccccc1N1CCN(c2ccc(NC(=O)c3ccc(Cl)cc3)cc2C(=O)NC2CCCCC2)CC1. The third kappa shape index (κ3) is 6.48. The summed E-state index contributed by atoms with van der Waals surface area (Å²) in [5.74, 6) is 0.523. The van der Waals surface area contributed by atoms with E-state index in [2.05, 4.69) is 26.5 Å². The summed E-state index contributed by atoms with van der Waals surface area (Å²) in [7, 11) is 1.69. The standard InChI is InChI=1S/C31H35ClN4O3/c1-39-29-10-6-5-9-28(29)36-19-17-35(18-20-36)27-16-15-25(34-30(37)22-11-13-23(32)14-12-22)21-26(27)31(38)33-24-7-3-2-4-8-24/h5-6,9-16,21,24H,2-4,7-8,17-20H2,1H3,(H,33,38)(H,34,37). The van der Waals surface area contributed by atoms with E-state index in [1.54, 1.807) is 37.4 Å². The number of nitrogens with zero attached hydrogens (tertiary/aromatic N) is 2. The number of hydrogen-bond donors (Lipinski definition) is 2. The lowest BCUT2D eigenvalue weighted by molar-refractivity contribution is 0.0927. The predicted octanol–water partition coefficient (Wildman–Crippen LogP) is 5.99. The molecule has 2 N–H and O–H groups in total. The highest BCUT2D eigenvalue weighted by Crippen LogP contribution is 2.31. The zero-order chi connectivity index (χ0) is 27.2. The van der Waals surface area contributed by atoms with Gasteiger partial charge in [0.25, 0.3) is 11.8 Å². The smallest absolute Gasteiger partial charge is 0.255 e. The fourth-order valence-electron chi connectivity index (χ4n) is 5.47. The fourth-order valence-corrected chi connectivity index (χ4v) is 5.59. The third-order valence-corrected chi connectivity index (χ3v) is 7.84. The molecule has 3 aromatic carbocycles. The number of para-hydroxylation sites is 2. The molecule has 1 saturated heterocycles. The number of methoxy groups -OCH3 is 1. The topological polar surface area (TPSA) is 73.9 Å².